The number of nitrogens with zero attached hydrogens (tertiary/aromatic N) is 4. The number of hydrogen-bond donors (Lipinski definition) is 3. The topological polar surface area (TPSA) is 195 Å². The fourth-order valence-electron chi connectivity index (χ4n) is 9.28. The number of carbonyl (C=O) groups is 7. The van der Waals surface area contributed by atoms with Gasteiger partial charge < -0.3 is 39.9 Å². The van der Waals surface area contributed by atoms with Gasteiger partial charge in [-0.1, -0.05) is 91.6 Å². The number of carbonyl (C=O) groups excluding carboxylic acids is 7. The highest BCUT2D eigenvalue weighted by Gasteiger charge is 2.43. The van der Waals surface area contributed by atoms with E-state index >= 15 is 0 Å². The SMILES string of the molecule is CC[C@H](C)[C@@H]([C@@H](CC(=O)N1CCCC1C(OC)C(C)C(=O)N[C@H](C)C(O)c1ccccc1)OC)N(C)C(=O)[C@@H](NC(=O)C(C(C)C)N(C)C(=O)CCCCCN1C(=O)C=CC1=O)C(C)C. The molecule has 5 unspecified atom stereocenters. The minimum absolute atomic E-state index is 0.0380. The summed E-state index contributed by atoms with van der Waals surface area (Å²) in [6, 6.07) is 5.80. The molecule has 364 valence electrons. The van der Waals surface area contributed by atoms with Gasteiger partial charge in [0.1, 0.15) is 12.1 Å². The van der Waals surface area contributed by atoms with Gasteiger partial charge in [0.2, 0.25) is 29.5 Å². The summed E-state index contributed by atoms with van der Waals surface area (Å²) >= 11 is 0. The van der Waals surface area contributed by atoms with Gasteiger partial charge in [-0.05, 0) is 55.9 Å². The monoisotopic (exact) mass is 911 g/mol. The molecule has 3 N–H and O–H groups in total. The third kappa shape index (κ3) is 14.4. The number of methoxy groups -OCH3 is 2. The average Bonchev–Trinajstić information content (AvgIpc) is 3.89. The molecule has 16 nitrogen and oxygen atoms in total. The van der Waals surface area contributed by atoms with Crippen LogP contribution in [-0.4, -0.2) is 150 Å². The van der Waals surface area contributed by atoms with Crippen LogP contribution in [0, 0.1) is 23.7 Å². The first-order chi connectivity index (χ1) is 30.7. The van der Waals surface area contributed by atoms with Crippen molar-refractivity contribution in [1.29, 1.82) is 0 Å². The largest absolute Gasteiger partial charge is 0.386 e. The highest BCUT2D eigenvalue weighted by molar-refractivity contribution is 6.12. The molecule has 2 heterocycles. The van der Waals surface area contributed by atoms with Gasteiger partial charge in [-0.15, -0.1) is 0 Å². The minimum atomic E-state index is -0.947. The average molecular weight is 911 g/mol. The summed E-state index contributed by atoms with van der Waals surface area (Å²) in [5.41, 5.74) is 0.688. The maximum atomic E-state index is 14.6. The summed E-state index contributed by atoms with van der Waals surface area (Å²) in [5, 5.41) is 16.8. The number of likely N-dealkylation sites (N-methyl/N-ethyl adjacent to an activating group) is 2. The molecular weight excluding hydrogens is 833 g/mol. The van der Waals surface area contributed by atoms with Crippen LogP contribution in [0.5, 0.6) is 0 Å². The summed E-state index contributed by atoms with van der Waals surface area (Å²) in [4.78, 5) is 99.5. The highest BCUT2D eigenvalue weighted by Crippen LogP contribution is 2.30. The maximum absolute atomic E-state index is 14.6. The van der Waals surface area contributed by atoms with Gasteiger partial charge in [0.15, 0.2) is 0 Å². The van der Waals surface area contributed by atoms with Crippen molar-refractivity contribution in [3.05, 3.63) is 48.0 Å². The Morgan fingerprint density at radius 3 is 2.02 bits per heavy atom. The number of ether oxygens (including phenoxy) is 2. The Hall–Kier alpha value is -4.67. The molecule has 0 bridgehead atoms. The van der Waals surface area contributed by atoms with Crippen molar-refractivity contribution in [1.82, 2.24) is 30.2 Å². The van der Waals surface area contributed by atoms with Crippen LogP contribution >= 0.6 is 0 Å². The molecule has 0 aromatic heterocycles. The van der Waals surface area contributed by atoms with E-state index in [9.17, 15) is 38.7 Å². The van der Waals surface area contributed by atoms with E-state index in [1.165, 1.54) is 36.2 Å². The summed E-state index contributed by atoms with van der Waals surface area (Å²) < 4.78 is 12.0. The number of amides is 7. The van der Waals surface area contributed by atoms with Crippen molar-refractivity contribution in [2.24, 2.45) is 23.7 Å². The number of aliphatic hydroxyl groups excluding tert-OH is 1. The predicted octanol–water partition coefficient (Wildman–Crippen LogP) is 4.25. The molecule has 1 fully saturated rings. The van der Waals surface area contributed by atoms with Gasteiger partial charge in [0.05, 0.1) is 48.8 Å². The van der Waals surface area contributed by atoms with Crippen molar-refractivity contribution >= 4 is 41.4 Å². The number of aliphatic hydroxyl groups is 1. The number of likely N-dealkylation sites (tertiary alicyclic amines) is 1. The first-order valence-electron chi connectivity index (χ1n) is 23.5. The Kier molecular flexibility index (Phi) is 21.8. The second-order valence-electron chi connectivity index (χ2n) is 18.6. The van der Waals surface area contributed by atoms with Crippen LogP contribution in [0.4, 0.5) is 0 Å². The van der Waals surface area contributed by atoms with Crippen molar-refractivity contribution in [2.45, 2.75) is 155 Å². The van der Waals surface area contributed by atoms with Gasteiger partial charge in [0, 0.05) is 60.0 Å². The van der Waals surface area contributed by atoms with E-state index in [-0.39, 0.29) is 72.6 Å². The summed E-state index contributed by atoms with van der Waals surface area (Å²) in [5.74, 6) is -3.55. The number of nitrogens with one attached hydrogen (secondary N) is 2. The molecule has 2 aliphatic rings. The molecule has 2 aliphatic heterocycles. The van der Waals surface area contributed by atoms with Crippen LogP contribution in [0.1, 0.15) is 118 Å². The lowest BCUT2D eigenvalue weighted by atomic mass is 9.89. The van der Waals surface area contributed by atoms with Crippen LogP contribution in [0.3, 0.4) is 0 Å². The van der Waals surface area contributed by atoms with E-state index in [0.717, 1.165) is 6.42 Å². The number of benzene rings is 1. The Morgan fingerprint density at radius 1 is 0.831 bits per heavy atom. The van der Waals surface area contributed by atoms with E-state index < -0.39 is 60.3 Å². The maximum Gasteiger partial charge on any atom is 0.253 e. The first kappa shape index (κ1) is 54.7. The van der Waals surface area contributed by atoms with Crippen LogP contribution < -0.4 is 10.6 Å². The number of rotatable bonds is 26. The quantitative estimate of drug-likeness (QED) is 0.0894. The molecule has 0 aliphatic carbocycles. The molecular formula is C49H78N6O10. The molecule has 0 spiro atoms. The number of imide groups is 1. The zero-order valence-electron chi connectivity index (χ0n) is 41.0. The highest BCUT2D eigenvalue weighted by atomic mass is 16.5. The summed E-state index contributed by atoms with van der Waals surface area (Å²) in [6.07, 6.45) is 4.09. The second-order valence-corrected chi connectivity index (χ2v) is 18.6. The minimum Gasteiger partial charge on any atom is -0.386 e. The van der Waals surface area contributed by atoms with E-state index in [1.807, 2.05) is 59.7 Å². The Balaban J connectivity index is 1.70. The van der Waals surface area contributed by atoms with E-state index in [0.29, 0.717) is 44.2 Å². The lowest BCUT2D eigenvalue weighted by Crippen LogP contribution is -2.60. The lowest BCUT2D eigenvalue weighted by Gasteiger charge is -2.41. The van der Waals surface area contributed by atoms with Crippen LogP contribution in [-0.2, 0) is 43.0 Å². The molecule has 3 rings (SSSR count). The van der Waals surface area contributed by atoms with Gasteiger partial charge in [-0.2, -0.15) is 0 Å². The molecule has 7 amide bonds. The lowest BCUT2D eigenvalue weighted by molar-refractivity contribution is -0.148. The second kappa shape index (κ2) is 25.9. The molecule has 1 saturated heterocycles. The molecule has 1 aromatic rings. The van der Waals surface area contributed by atoms with Gasteiger partial charge in [-0.25, -0.2) is 0 Å². The zero-order chi connectivity index (χ0) is 48.7. The predicted molar refractivity (Wildman–Crippen MR) is 248 cm³/mol. The molecule has 0 radical (unpaired) electrons. The molecule has 0 saturated carbocycles. The molecule has 1 aromatic carbocycles. The van der Waals surface area contributed by atoms with Crippen molar-refractivity contribution in [3.63, 3.8) is 0 Å². The van der Waals surface area contributed by atoms with Crippen LogP contribution in [0.15, 0.2) is 42.5 Å². The third-order valence-corrected chi connectivity index (χ3v) is 13.4. The van der Waals surface area contributed by atoms with Crippen molar-refractivity contribution in [2.75, 3.05) is 41.4 Å². The number of hydrogen-bond acceptors (Lipinski definition) is 10. The summed E-state index contributed by atoms with van der Waals surface area (Å²) in [7, 11) is 6.32. The molecule has 16 heteroatoms. The van der Waals surface area contributed by atoms with Crippen LogP contribution in [0.2, 0.25) is 0 Å². The van der Waals surface area contributed by atoms with Crippen LogP contribution in [0.25, 0.3) is 0 Å². The Labute approximate surface area is 387 Å². The van der Waals surface area contributed by atoms with E-state index in [1.54, 1.807) is 49.9 Å². The van der Waals surface area contributed by atoms with Gasteiger partial charge >= 0.3 is 0 Å². The fraction of sp³-hybridized carbons (Fsp3) is 0.694. The third-order valence-electron chi connectivity index (χ3n) is 13.4. The zero-order valence-corrected chi connectivity index (χ0v) is 41.0. The smallest absolute Gasteiger partial charge is 0.253 e. The fourth-order valence-corrected chi connectivity index (χ4v) is 9.28. The standard InChI is InChI=1S/C49H78N6O10/c1-13-32(6)44(37(64-11)29-41(59)54-28-20-23-36(54)46(65-12)33(7)47(61)50-34(8)45(60)35-21-16-14-17-22-35)53(10)49(63)42(30(2)3)51-48(62)43(31(4)5)52(9)38(56)24-18-15-19-27-55-39(57)25-26-40(55)58/h14,16-17,21-22,25-26,30-34,36-37,42-46,60H,13,15,18-20,23-24,27-29H2,1-12H3,(H,50,61)(H,51,62)/t32-,33?,34+,36?,37+,42-,43?,44-,45?,46?/m0/s1. The van der Waals surface area contributed by atoms with Crippen molar-refractivity contribution in [3.8, 4) is 0 Å². The summed E-state index contributed by atoms with van der Waals surface area (Å²) in [6.45, 7) is 15.6. The van der Waals surface area contributed by atoms with E-state index in [2.05, 4.69) is 10.6 Å². The Bertz CT molecular complexity index is 1770. The van der Waals surface area contributed by atoms with E-state index in [4.69, 9.17) is 9.47 Å². The molecule has 65 heavy (non-hydrogen) atoms. The number of unbranched alkanes of at least 4 members (excludes halogenated alkanes) is 2. The molecule has 10 atom stereocenters. The van der Waals surface area contributed by atoms with Crippen molar-refractivity contribution < 1.29 is 48.1 Å². The first-order valence-corrected chi connectivity index (χ1v) is 23.5. The normalized spacial score (nSPS) is 19.3. The Morgan fingerprint density at radius 2 is 1.46 bits per heavy atom. The van der Waals surface area contributed by atoms with Gasteiger partial charge in [0.25, 0.3) is 11.8 Å². The van der Waals surface area contributed by atoms with Gasteiger partial charge in [-0.3, -0.25) is 38.5 Å².